The van der Waals surface area contributed by atoms with Crippen LogP contribution in [0, 0.1) is 0 Å². The van der Waals surface area contributed by atoms with E-state index in [0.717, 1.165) is 17.7 Å². The van der Waals surface area contributed by atoms with Gasteiger partial charge in [-0.2, -0.15) is 5.10 Å². The van der Waals surface area contributed by atoms with E-state index in [1.54, 1.807) is 17.0 Å². The Balaban J connectivity index is 2.00. The quantitative estimate of drug-likeness (QED) is 0.848. The van der Waals surface area contributed by atoms with Crippen molar-refractivity contribution in [3.05, 3.63) is 59.9 Å². The molecule has 0 aliphatic heterocycles. The molecule has 0 aliphatic carbocycles. The summed E-state index contributed by atoms with van der Waals surface area (Å²) in [6.07, 6.45) is 5.94. The molecule has 1 aromatic carbocycles. The van der Waals surface area contributed by atoms with E-state index in [1.165, 1.54) is 0 Å². The zero-order valence-electron chi connectivity index (χ0n) is 11.8. The SMILES string of the molecule is CC[C@@H](NC(=O)/C=C/c1ccccc1)c1ccnn1C. The van der Waals surface area contributed by atoms with Crippen LogP contribution in [0.2, 0.25) is 0 Å². The number of carbonyl (C=O) groups excluding carboxylic acids is 1. The Morgan fingerprint density at radius 2 is 2.10 bits per heavy atom. The van der Waals surface area contributed by atoms with Crippen LogP contribution in [0.5, 0.6) is 0 Å². The van der Waals surface area contributed by atoms with Gasteiger partial charge in [-0.3, -0.25) is 9.48 Å². The number of nitrogens with zero attached hydrogens (tertiary/aromatic N) is 2. The fourth-order valence-electron chi connectivity index (χ4n) is 2.07. The Bertz CT molecular complexity index is 587. The summed E-state index contributed by atoms with van der Waals surface area (Å²) in [5.41, 5.74) is 2.02. The van der Waals surface area contributed by atoms with Crippen molar-refractivity contribution < 1.29 is 4.79 Å². The highest BCUT2D eigenvalue weighted by Gasteiger charge is 2.14. The third-order valence-corrected chi connectivity index (χ3v) is 3.17. The van der Waals surface area contributed by atoms with Crippen molar-refractivity contribution in [3.63, 3.8) is 0 Å². The van der Waals surface area contributed by atoms with E-state index in [1.807, 2.05) is 56.4 Å². The third-order valence-electron chi connectivity index (χ3n) is 3.17. The molecule has 1 aromatic heterocycles. The minimum atomic E-state index is -0.0955. The summed E-state index contributed by atoms with van der Waals surface area (Å²) in [4.78, 5) is 12.0. The van der Waals surface area contributed by atoms with Gasteiger partial charge in [-0.1, -0.05) is 37.3 Å². The smallest absolute Gasteiger partial charge is 0.244 e. The van der Waals surface area contributed by atoms with Crippen LogP contribution >= 0.6 is 0 Å². The summed E-state index contributed by atoms with van der Waals surface area (Å²) in [7, 11) is 1.88. The monoisotopic (exact) mass is 269 g/mol. The fourth-order valence-corrected chi connectivity index (χ4v) is 2.07. The lowest BCUT2D eigenvalue weighted by Crippen LogP contribution is -2.27. The average Bonchev–Trinajstić information content (AvgIpc) is 2.90. The number of hydrogen-bond donors (Lipinski definition) is 1. The standard InChI is InChI=1S/C16H19N3O/c1-3-14(15-11-12-17-19(15)2)18-16(20)10-9-13-7-5-4-6-8-13/h4-12,14H,3H2,1-2H3,(H,18,20)/b10-9+/t14-/m1/s1. The van der Waals surface area contributed by atoms with Gasteiger partial charge in [-0.25, -0.2) is 0 Å². The molecule has 0 bridgehead atoms. The van der Waals surface area contributed by atoms with E-state index in [9.17, 15) is 4.79 Å². The number of carbonyl (C=O) groups is 1. The van der Waals surface area contributed by atoms with Gasteiger partial charge in [0.05, 0.1) is 11.7 Å². The van der Waals surface area contributed by atoms with Crippen LogP contribution in [0.4, 0.5) is 0 Å². The second-order valence-electron chi connectivity index (χ2n) is 4.59. The molecule has 0 unspecified atom stereocenters. The van der Waals surface area contributed by atoms with Gasteiger partial charge in [-0.05, 0) is 24.1 Å². The first-order chi connectivity index (χ1) is 9.70. The molecule has 0 saturated heterocycles. The summed E-state index contributed by atoms with van der Waals surface area (Å²) in [6.45, 7) is 2.04. The van der Waals surface area contributed by atoms with Gasteiger partial charge in [0, 0.05) is 19.3 Å². The lowest BCUT2D eigenvalue weighted by Gasteiger charge is -2.16. The molecule has 104 valence electrons. The molecule has 1 atom stereocenters. The highest BCUT2D eigenvalue weighted by atomic mass is 16.1. The number of aromatic nitrogens is 2. The Kier molecular flexibility index (Phi) is 4.71. The van der Waals surface area contributed by atoms with E-state index >= 15 is 0 Å². The number of aryl methyl sites for hydroxylation is 1. The van der Waals surface area contributed by atoms with Crippen molar-refractivity contribution >= 4 is 12.0 Å². The maximum absolute atomic E-state index is 12.0. The second-order valence-corrected chi connectivity index (χ2v) is 4.59. The minimum Gasteiger partial charge on any atom is -0.344 e. The normalized spacial score (nSPS) is 12.5. The van der Waals surface area contributed by atoms with Crippen molar-refractivity contribution in [1.82, 2.24) is 15.1 Å². The molecule has 0 spiro atoms. The molecule has 0 aliphatic rings. The Hall–Kier alpha value is -2.36. The van der Waals surface area contributed by atoms with E-state index < -0.39 is 0 Å². The van der Waals surface area contributed by atoms with Gasteiger partial charge in [0.15, 0.2) is 0 Å². The first-order valence-electron chi connectivity index (χ1n) is 6.72. The van der Waals surface area contributed by atoms with Gasteiger partial charge in [0.2, 0.25) is 5.91 Å². The molecule has 2 aromatic rings. The Morgan fingerprint density at radius 3 is 2.70 bits per heavy atom. The summed E-state index contributed by atoms with van der Waals surface area (Å²) in [6, 6.07) is 11.7. The third kappa shape index (κ3) is 3.57. The second kappa shape index (κ2) is 6.70. The number of nitrogens with one attached hydrogen (secondary N) is 1. The number of amides is 1. The van der Waals surface area contributed by atoms with Crippen molar-refractivity contribution in [2.24, 2.45) is 7.05 Å². The molecule has 1 N–H and O–H groups in total. The predicted molar refractivity (Wildman–Crippen MR) is 79.9 cm³/mol. The first kappa shape index (κ1) is 14.1. The molecule has 1 heterocycles. The highest BCUT2D eigenvalue weighted by molar-refractivity contribution is 5.91. The van der Waals surface area contributed by atoms with Crippen molar-refractivity contribution in [2.75, 3.05) is 0 Å². The van der Waals surface area contributed by atoms with E-state index in [-0.39, 0.29) is 11.9 Å². The minimum absolute atomic E-state index is 0.0181. The summed E-state index contributed by atoms with van der Waals surface area (Å²) in [5, 5.41) is 7.13. The van der Waals surface area contributed by atoms with Crippen molar-refractivity contribution in [2.45, 2.75) is 19.4 Å². The molecule has 1 amide bonds. The molecule has 2 rings (SSSR count). The number of hydrogen-bond acceptors (Lipinski definition) is 2. The van der Waals surface area contributed by atoms with Gasteiger partial charge in [-0.15, -0.1) is 0 Å². The zero-order chi connectivity index (χ0) is 14.4. The Labute approximate surface area is 119 Å². The van der Waals surface area contributed by atoms with Gasteiger partial charge in [0.1, 0.15) is 0 Å². The fraction of sp³-hybridized carbons (Fsp3) is 0.250. The molecule has 4 nitrogen and oxygen atoms in total. The van der Waals surface area contributed by atoms with Gasteiger partial charge in [0.25, 0.3) is 0 Å². The molecule has 0 fully saturated rings. The van der Waals surface area contributed by atoms with Gasteiger partial charge >= 0.3 is 0 Å². The molecule has 4 heteroatoms. The summed E-state index contributed by atoms with van der Waals surface area (Å²) < 4.78 is 1.79. The average molecular weight is 269 g/mol. The van der Waals surface area contributed by atoms with Crippen LogP contribution in [-0.2, 0) is 11.8 Å². The summed E-state index contributed by atoms with van der Waals surface area (Å²) in [5.74, 6) is -0.0955. The first-order valence-corrected chi connectivity index (χ1v) is 6.72. The molecule has 20 heavy (non-hydrogen) atoms. The topological polar surface area (TPSA) is 46.9 Å². The van der Waals surface area contributed by atoms with E-state index in [0.29, 0.717) is 0 Å². The van der Waals surface area contributed by atoms with Crippen molar-refractivity contribution in [1.29, 1.82) is 0 Å². The van der Waals surface area contributed by atoms with Crippen LogP contribution in [-0.4, -0.2) is 15.7 Å². The van der Waals surface area contributed by atoms with Crippen molar-refractivity contribution in [3.8, 4) is 0 Å². The van der Waals surface area contributed by atoms with Gasteiger partial charge < -0.3 is 5.32 Å². The largest absolute Gasteiger partial charge is 0.344 e. The molecular formula is C16H19N3O. The van der Waals surface area contributed by atoms with Crippen LogP contribution in [0.3, 0.4) is 0 Å². The molecule has 0 radical (unpaired) electrons. The molecular weight excluding hydrogens is 250 g/mol. The number of rotatable bonds is 5. The lowest BCUT2D eigenvalue weighted by molar-refractivity contribution is -0.117. The van der Waals surface area contributed by atoms with E-state index in [2.05, 4.69) is 10.4 Å². The van der Waals surface area contributed by atoms with Crippen LogP contribution in [0.15, 0.2) is 48.7 Å². The zero-order valence-corrected chi connectivity index (χ0v) is 11.8. The number of benzene rings is 1. The highest BCUT2D eigenvalue weighted by Crippen LogP contribution is 2.15. The lowest BCUT2D eigenvalue weighted by atomic mass is 10.1. The summed E-state index contributed by atoms with van der Waals surface area (Å²) >= 11 is 0. The van der Waals surface area contributed by atoms with E-state index in [4.69, 9.17) is 0 Å². The van der Waals surface area contributed by atoms with Crippen LogP contribution < -0.4 is 5.32 Å². The molecule has 0 saturated carbocycles. The Morgan fingerprint density at radius 1 is 1.35 bits per heavy atom. The maximum atomic E-state index is 12.0. The maximum Gasteiger partial charge on any atom is 0.244 e. The predicted octanol–water partition coefficient (Wildman–Crippen LogP) is 2.70. The van der Waals surface area contributed by atoms with Crippen LogP contribution in [0.25, 0.3) is 6.08 Å². The van der Waals surface area contributed by atoms with Crippen LogP contribution in [0.1, 0.15) is 30.6 Å².